The summed E-state index contributed by atoms with van der Waals surface area (Å²) >= 11 is 0. The molecule has 2 saturated heterocycles. The van der Waals surface area contributed by atoms with Gasteiger partial charge in [-0.2, -0.15) is 4.98 Å². The molecule has 364 valence electrons. The summed E-state index contributed by atoms with van der Waals surface area (Å²) in [6.07, 6.45) is -5.69. The molecule has 10 atom stereocenters. The van der Waals surface area contributed by atoms with Crippen LogP contribution in [0.1, 0.15) is 37.3 Å². The van der Waals surface area contributed by atoms with Crippen LogP contribution >= 0.6 is 37.2 Å². The molecule has 1 aromatic carbocycles. The van der Waals surface area contributed by atoms with E-state index in [4.69, 9.17) is 50.7 Å². The van der Waals surface area contributed by atoms with Gasteiger partial charge >= 0.3 is 33.4 Å². The van der Waals surface area contributed by atoms with Crippen LogP contribution in [0.15, 0.2) is 59.1 Å². The number of nitrogen functional groups attached to an aromatic ring is 2. The van der Waals surface area contributed by atoms with Crippen molar-refractivity contribution in [1.82, 2.24) is 34.4 Å². The van der Waals surface area contributed by atoms with Crippen LogP contribution < -0.4 is 28.2 Å². The van der Waals surface area contributed by atoms with Crippen molar-refractivity contribution in [3.63, 3.8) is 0 Å². The largest absolute Gasteiger partial charge is 0.472 e. The number of imidazole rings is 1. The Hall–Kier alpha value is -4.94. The highest BCUT2D eigenvalue weighted by Crippen LogP contribution is 2.50. The predicted molar refractivity (Wildman–Crippen MR) is 235 cm³/mol. The molecule has 0 radical (unpaired) electrons. The molecule has 11 N–H and O–H groups in total. The smallest absolute Gasteiger partial charge is 0.455 e. The van der Waals surface area contributed by atoms with Gasteiger partial charge in [0.05, 0.1) is 19.5 Å². The number of carbonyl (C=O) groups is 2. The summed E-state index contributed by atoms with van der Waals surface area (Å²) in [4.78, 5) is 86.7. The van der Waals surface area contributed by atoms with Crippen LogP contribution in [-0.4, -0.2) is 129 Å². The molecule has 2 aliphatic rings. The molecule has 6 rings (SSSR count). The normalized spacial score (nSPS) is 23.5. The zero-order chi connectivity index (χ0) is 48.5. The van der Waals surface area contributed by atoms with E-state index in [-0.39, 0.29) is 54.0 Å². The number of hydrogen-bond donors (Lipinski definition) is 8. The first-order valence-corrected chi connectivity index (χ1v) is 25.3. The summed E-state index contributed by atoms with van der Waals surface area (Å²) in [7, 11) is -7.48. The van der Waals surface area contributed by atoms with E-state index in [0.29, 0.717) is 17.7 Å². The number of carbonyl (C=O) groups excluding carboxylic acids is 2. The van der Waals surface area contributed by atoms with Crippen LogP contribution in [0.4, 0.5) is 22.1 Å². The number of alkyl carbamates (subject to hydrolysis) is 1. The minimum Gasteiger partial charge on any atom is -0.455 e. The lowest BCUT2D eigenvalue weighted by molar-refractivity contribution is -0.158. The highest BCUT2D eigenvalue weighted by Gasteiger charge is 2.50. The van der Waals surface area contributed by atoms with Gasteiger partial charge in [-0.05, 0) is 36.3 Å². The minimum atomic E-state index is -5.22. The third-order valence-corrected chi connectivity index (χ3v) is 13.7. The van der Waals surface area contributed by atoms with Gasteiger partial charge in [-0.1, -0.05) is 51.0 Å². The number of anilines is 2. The Kier molecular flexibility index (Phi) is 17.6. The van der Waals surface area contributed by atoms with Gasteiger partial charge < -0.3 is 61.3 Å². The lowest BCUT2D eigenvalue weighted by atomic mass is 10.1. The number of nitrogens with zero attached hydrogens (tertiary/aromatic N) is 9. The number of nitrogens with two attached hydrogens (primary N) is 3. The standard InChI is InChI=1S/C34H45N13O16P2S2/c1-66-67-19(11-39-34(51)57-12-17-2-4-18(5-3-17)44-45-38)6-7-20(35)32(49)62-28-23(61-31(27(28)48)47-16-42-26-29(37)40-15-41-30(26)47)14-59-65(55,56)63-21-10-25(46-9-8-24(36)43-33(46)50)60-22(21)13-58-64(52,53)54/h2-5,8-9,15-16,19-23,25,27-28,31,48H,6-7,10-14,35H2,1H3,(H,39,51)(H,55,56)(H2,36,43,50)(H2,37,40,41)(H2,52,53,54)/t19-,20-,21-,22+,23+,25+,27+,28+,31+/m0/s1. The number of esters is 1. The molecule has 33 heteroatoms. The number of azide groups is 1. The Bertz CT molecular complexity index is 2570. The van der Waals surface area contributed by atoms with Crippen molar-refractivity contribution in [1.29, 1.82) is 0 Å². The molecule has 2 aliphatic heterocycles. The van der Waals surface area contributed by atoms with Crippen LogP contribution in [-0.2, 0) is 53.1 Å². The van der Waals surface area contributed by atoms with Crippen molar-refractivity contribution >= 4 is 77.8 Å². The third kappa shape index (κ3) is 14.1. The summed E-state index contributed by atoms with van der Waals surface area (Å²) < 4.78 is 65.3. The number of aliphatic hydroxyl groups excluding tert-OH is 1. The molecule has 29 nitrogen and oxygen atoms in total. The van der Waals surface area contributed by atoms with Crippen molar-refractivity contribution in [3.05, 3.63) is 75.7 Å². The van der Waals surface area contributed by atoms with E-state index >= 15 is 0 Å². The van der Waals surface area contributed by atoms with E-state index in [0.717, 1.165) is 10.9 Å². The van der Waals surface area contributed by atoms with Crippen molar-refractivity contribution in [3.8, 4) is 0 Å². The second-order valence-electron chi connectivity index (χ2n) is 14.5. The molecule has 0 bridgehead atoms. The molecule has 4 aromatic rings. The van der Waals surface area contributed by atoms with Crippen LogP contribution in [0, 0.1) is 0 Å². The van der Waals surface area contributed by atoms with Crippen LogP contribution in [0.25, 0.3) is 21.6 Å². The molecular weight excluding hydrogens is 973 g/mol. The number of hydrogen-bond acceptors (Lipinski definition) is 23. The van der Waals surface area contributed by atoms with Crippen molar-refractivity contribution in [2.45, 2.75) is 80.1 Å². The van der Waals surface area contributed by atoms with Crippen molar-refractivity contribution < 1.29 is 71.0 Å². The monoisotopic (exact) mass is 1020 g/mol. The number of amides is 1. The maximum absolute atomic E-state index is 13.6. The van der Waals surface area contributed by atoms with Gasteiger partial charge in [-0.15, -0.1) is 0 Å². The molecule has 0 saturated carbocycles. The molecule has 0 spiro atoms. The number of rotatable bonds is 22. The molecular formula is C34H45N13O16P2S2. The zero-order valence-electron chi connectivity index (χ0n) is 34.9. The highest BCUT2D eigenvalue weighted by atomic mass is 33.1. The zero-order valence-corrected chi connectivity index (χ0v) is 38.3. The molecule has 67 heavy (non-hydrogen) atoms. The SMILES string of the molecule is CSS[C@@H](CC[C@H](N)C(=O)O[C@H]1[C@@H](O)[C@H](n2cnc3c(N)ncnc32)O[C@@H]1COP(=O)(O)O[C@H]1C[C@H](n2ccc(N)nc2=O)O[C@@H]1COP(=O)(O)O)CNC(=O)OCc1ccc(N=[N+]=[N-])cc1. The number of nitrogens with one attached hydrogen (secondary N) is 1. The third-order valence-electron chi connectivity index (χ3n) is 9.92. The van der Waals surface area contributed by atoms with Gasteiger partial charge in [0.25, 0.3) is 0 Å². The number of fused-ring (bicyclic) bond motifs is 1. The maximum Gasteiger partial charge on any atom is 0.472 e. The summed E-state index contributed by atoms with van der Waals surface area (Å²) in [5.41, 5.74) is 26.8. The van der Waals surface area contributed by atoms with E-state index in [1.54, 1.807) is 24.3 Å². The van der Waals surface area contributed by atoms with Gasteiger partial charge in [0.1, 0.15) is 61.0 Å². The fourth-order valence-corrected chi connectivity index (χ4v) is 10.0. The highest BCUT2D eigenvalue weighted by molar-refractivity contribution is 8.76. The lowest BCUT2D eigenvalue weighted by Crippen LogP contribution is -2.43. The second-order valence-corrected chi connectivity index (χ2v) is 19.9. The first-order valence-electron chi connectivity index (χ1n) is 19.7. The van der Waals surface area contributed by atoms with Gasteiger partial charge in [-0.3, -0.25) is 27.5 Å². The number of phosphoric ester groups is 2. The molecule has 5 heterocycles. The topological polar surface area (TPSA) is 431 Å². The average Bonchev–Trinajstić information content (AvgIpc) is 3.97. The molecule has 1 amide bonds. The molecule has 2 fully saturated rings. The molecule has 1 unspecified atom stereocenters. The quantitative estimate of drug-likeness (QED) is 0.0139. The van der Waals surface area contributed by atoms with E-state index in [9.17, 15) is 43.3 Å². The van der Waals surface area contributed by atoms with Gasteiger partial charge in [0, 0.05) is 35.0 Å². The average molecular weight is 1020 g/mol. The Morgan fingerprint density at radius 1 is 1.06 bits per heavy atom. The minimum absolute atomic E-state index is 0.00357. The van der Waals surface area contributed by atoms with E-state index in [1.165, 1.54) is 44.7 Å². The Morgan fingerprint density at radius 2 is 1.81 bits per heavy atom. The second kappa shape index (κ2) is 22.9. The summed E-state index contributed by atoms with van der Waals surface area (Å²) in [6.45, 7) is -1.65. The van der Waals surface area contributed by atoms with Gasteiger partial charge in [-0.25, -0.2) is 33.7 Å². The van der Waals surface area contributed by atoms with E-state index < -0.39 is 95.6 Å². The van der Waals surface area contributed by atoms with Crippen molar-refractivity contribution in [2.24, 2.45) is 10.8 Å². The predicted octanol–water partition coefficient (Wildman–Crippen LogP) is 1.67. The van der Waals surface area contributed by atoms with E-state index in [1.807, 2.05) is 6.26 Å². The Labute approximate surface area is 386 Å². The Morgan fingerprint density at radius 3 is 2.51 bits per heavy atom. The lowest BCUT2D eigenvalue weighted by Gasteiger charge is -2.25. The van der Waals surface area contributed by atoms with Crippen molar-refractivity contribution in [2.75, 3.05) is 37.5 Å². The van der Waals surface area contributed by atoms with Crippen LogP contribution in [0.2, 0.25) is 0 Å². The number of aliphatic hydroxyl groups is 1. The van der Waals surface area contributed by atoms with Crippen LogP contribution in [0.3, 0.4) is 0 Å². The summed E-state index contributed by atoms with van der Waals surface area (Å²) in [5, 5.41) is 17.5. The molecule has 3 aromatic heterocycles. The maximum atomic E-state index is 13.6. The number of ether oxygens (including phenoxy) is 4. The fourth-order valence-electron chi connectivity index (χ4n) is 6.73. The van der Waals surface area contributed by atoms with E-state index in [2.05, 4.69) is 39.8 Å². The Balaban J connectivity index is 1.10. The summed E-state index contributed by atoms with van der Waals surface area (Å²) in [5.74, 6) is -1.10. The molecule has 0 aliphatic carbocycles. The first-order chi connectivity index (χ1) is 31.8. The first kappa shape index (κ1) is 51.5. The number of phosphoric acid groups is 2. The summed E-state index contributed by atoms with van der Waals surface area (Å²) in [6, 6.07) is 6.43. The van der Waals surface area contributed by atoms with Gasteiger partial charge in [0.2, 0.25) is 0 Å². The number of benzene rings is 1. The fraction of sp³-hybridized carbons (Fsp3) is 0.500. The van der Waals surface area contributed by atoms with Crippen LogP contribution in [0.5, 0.6) is 0 Å². The number of aromatic nitrogens is 6. The van der Waals surface area contributed by atoms with Gasteiger partial charge in [0.15, 0.2) is 23.8 Å².